The number of H-pyrrole nitrogens is 2. The monoisotopic (exact) mass is 1000 g/mol. The van der Waals surface area contributed by atoms with Crippen molar-refractivity contribution in [3.05, 3.63) is 82.3 Å². The Bertz CT molecular complexity index is 3030. The fourth-order valence-electron chi connectivity index (χ4n) is 10.7. The highest BCUT2D eigenvalue weighted by atomic mass is 32.1. The summed E-state index contributed by atoms with van der Waals surface area (Å²) >= 11 is 1.60. The van der Waals surface area contributed by atoms with Crippen molar-refractivity contribution < 1.29 is 42.5 Å². The molecule has 0 aliphatic carbocycles. The van der Waals surface area contributed by atoms with E-state index in [1.54, 1.807) is 33.5 Å². The van der Waals surface area contributed by atoms with Crippen LogP contribution < -0.4 is 15.4 Å². The van der Waals surface area contributed by atoms with E-state index >= 15 is 4.39 Å². The first-order chi connectivity index (χ1) is 34.7. The number of nitrogens with zero attached hydrogens (tertiary/aromatic N) is 6. The lowest BCUT2D eigenvalue weighted by Gasteiger charge is -2.32. The van der Waals surface area contributed by atoms with Crippen LogP contribution in [-0.2, 0) is 29.2 Å². The van der Waals surface area contributed by atoms with E-state index in [1.807, 2.05) is 68.8 Å². The number of hydrogen-bond acceptors (Lipinski definition) is 12. The Morgan fingerprint density at radius 1 is 0.792 bits per heavy atom. The maximum atomic E-state index is 17.1. The number of amides is 4. The molecule has 5 atom stereocenters. The van der Waals surface area contributed by atoms with Gasteiger partial charge < -0.3 is 49.3 Å². The normalized spacial score (nSPS) is 20.3. The molecular formula is C52H61FN10O8S. The van der Waals surface area contributed by atoms with Gasteiger partial charge in [-0.15, -0.1) is 11.3 Å². The third-order valence-corrected chi connectivity index (χ3v) is 16.1. The Morgan fingerprint density at radius 3 is 1.94 bits per heavy atom. The standard InChI is InChI=1S/C52H61FN10O8S/c1-27(2)42(59-50(66)68-6)46(64)61-16-8-10-36(61)44-54-24-33(57-44)29-12-13-35-31(20-29)22-38-41-32(53)21-30(23-39(41)71-48(63(35)38)40-26-56-49(72-40)52(5)14-18-70-19-15-52)34-25-55-45(58-34)37-11-9-17-62(37)47(65)43(28(3)4)60-51(67)69-7/h12-13,20-28,36-37,42-43,48H,8-11,14-19H2,1-7H3,(H,54,57)(H,55,58)(H,59,66)(H,60,67)/t36-,37-,42?,43?,48?/m0/s1. The van der Waals surface area contributed by atoms with E-state index in [0.29, 0.717) is 79.1 Å². The number of likely N-dealkylation sites (tertiary alicyclic amines) is 2. The first-order valence-electron chi connectivity index (χ1n) is 24.8. The molecule has 18 nitrogen and oxygen atoms in total. The smallest absolute Gasteiger partial charge is 0.407 e. The highest BCUT2D eigenvalue weighted by Crippen LogP contribution is 2.49. The number of ether oxygens (including phenoxy) is 4. The van der Waals surface area contributed by atoms with Gasteiger partial charge in [0.15, 0.2) is 0 Å². The second-order valence-corrected chi connectivity index (χ2v) is 21.2. The second-order valence-electron chi connectivity index (χ2n) is 20.2. The van der Waals surface area contributed by atoms with Crippen molar-refractivity contribution in [2.45, 2.75) is 109 Å². The molecule has 4 amide bonds. The summed E-state index contributed by atoms with van der Waals surface area (Å²) in [6, 6.07) is 9.16. The van der Waals surface area contributed by atoms with Crippen LogP contribution in [0.2, 0.25) is 0 Å². The number of thiazole rings is 1. The molecule has 3 saturated heterocycles. The number of alkyl carbamates (subject to hydrolysis) is 2. The number of rotatable bonds is 12. The molecule has 3 fully saturated rings. The molecule has 6 aromatic rings. The Hall–Kier alpha value is -6.80. The Kier molecular flexibility index (Phi) is 13.3. The van der Waals surface area contributed by atoms with Gasteiger partial charge in [-0.1, -0.05) is 40.7 Å². The van der Waals surface area contributed by atoms with E-state index in [0.717, 1.165) is 57.7 Å². The number of carbonyl (C=O) groups excluding carboxylic acids is 4. The summed E-state index contributed by atoms with van der Waals surface area (Å²) in [6.07, 6.45) is 7.90. The third-order valence-electron chi connectivity index (χ3n) is 14.8. The zero-order chi connectivity index (χ0) is 50.6. The highest BCUT2D eigenvalue weighted by Gasteiger charge is 2.41. The average Bonchev–Trinajstić information content (AvgIpc) is 4.24. The first kappa shape index (κ1) is 48.8. The molecule has 0 spiro atoms. The van der Waals surface area contributed by atoms with Gasteiger partial charge in [-0.2, -0.15) is 0 Å². The number of halogens is 1. The minimum absolute atomic E-state index is 0.156. The number of methoxy groups -OCH3 is 2. The highest BCUT2D eigenvalue weighted by molar-refractivity contribution is 7.11. The van der Waals surface area contributed by atoms with Crippen molar-refractivity contribution in [2.75, 3.05) is 40.5 Å². The molecule has 0 bridgehead atoms. The Balaban J connectivity index is 0.984. The largest absolute Gasteiger partial charge is 0.464 e. The number of imidazole rings is 2. The average molecular weight is 1010 g/mol. The number of fused-ring (bicyclic) bond motifs is 5. The van der Waals surface area contributed by atoms with Crippen LogP contribution in [0.5, 0.6) is 5.75 Å². The maximum Gasteiger partial charge on any atom is 0.407 e. The van der Waals surface area contributed by atoms with Crippen LogP contribution >= 0.6 is 11.3 Å². The maximum absolute atomic E-state index is 17.1. The summed E-state index contributed by atoms with van der Waals surface area (Å²) in [5.41, 5.74) is 4.32. The van der Waals surface area contributed by atoms with Crippen LogP contribution in [0.15, 0.2) is 55.0 Å². The molecule has 380 valence electrons. The molecule has 4 aliphatic heterocycles. The summed E-state index contributed by atoms with van der Waals surface area (Å²) in [5.74, 6) is 0.336. The fraction of sp³-hybridized carbons (Fsp3) is 0.481. The van der Waals surface area contributed by atoms with Crippen molar-refractivity contribution in [2.24, 2.45) is 11.8 Å². The second kappa shape index (κ2) is 19.7. The van der Waals surface area contributed by atoms with Crippen molar-refractivity contribution in [3.8, 4) is 39.5 Å². The van der Waals surface area contributed by atoms with Crippen LogP contribution in [0.4, 0.5) is 14.0 Å². The molecule has 8 heterocycles. The lowest BCUT2D eigenvalue weighted by Crippen LogP contribution is -2.51. The van der Waals surface area contributed by atoms with Crippen LogP contribution in [-0.4, -0.2) is 116 Å². The molecule has 0 saturated carbocycles. The van der Waals surface area contributed by atoms with E-state index in [-0.39, 0.29) is 41.1 Å². The SMILES string of the molecule is COC(=O)NC(C(=O)N1CCC[C@H]1c1ncc(-c2cc(F)c3c(c2)OC(c2cnc(C4(C)CCOCC4)s2)n2c-3cc3cc(-c4cnc([C@@H]5CCCN5C(=O)C(NC(=O)OC)C(C)C)[nH]4)ccc32)[nH]1)C(C)C. The summed E-state index contributed by atoms with van der Waals surface area (Å²) < 4.78 is 41.4. The van der Waals surface area contributed by atoms with Crippen molar-refractivity contribution in [3.63, 3.8) is 0 Å². The number of benzene rings is 2. The van der Waals surface area contributed by atoms with Gasteiger partial charge in [-0.25, -0.2) is 28.9 Å². The molecule has 2 aromatic carbocycles. The van der Waals surface area contributed by atoms with Gasteiger partial charge in [0.05, 0.1) is 76.7 Å². The zero-order valence-electron chi connectivity index (χ0n) is 41.5. The molecule has 4 aromatic heterocycles. The first-order valence-corrected chi connectivity index (χ1v) is 25.6. The molecule has 0 radical (unpaired) electrons. The zero-order valence-corrected chi connectivity index (χ0v) is 42.4. The molecule has 10 rings (SSSR count). The lowest BCUT2D eigenvalue weighted by molar-refractivity contribution is -0.136. The van der Waals surface area contributed by atoms with Crippen molar-refractivity contribution in [1.29, 1.82) is 0 Å². The number of nitrogens with one attached hydrogen (secondary N) is 4. The van der Waals surface area contributed by atoms with Gasteiger partial charge in [0.25, 0.3) is 0 Å². The molecule has 72 heavy (non-hydrogen) atoms. The van der Waals surface area contributed by atoms with E-state index < -0.39 is 36.3 Å². The number of carbonyl (C=O) groups is 4. The van der Waals surface area contributed by atoms with Gasteiger partial charge in [-0.05, 0) is 80.7 Å². The van der Waals surface area contributed by atoms with E-state index in [9.17, 15) is 19.2 Å². The minimum Gasteiger partial charge on any atom is -0.464 e. The molecular weight excluding hydrogens is 944 g/mol. The lowest BCUT2D eigenvalue weighted by atomic mass is 9.83. The van der Waals surface area contributed by atoms with Crippen molar-refractivity contribution in [1.82, 2.24) is 49.9 Å². The molecule has 4 aliphatic rings. The van der Waals surface area contributed by atoms with Crippen LogP contribution in [0.25, 0.3) is 44.7 Å². The summed E-state index contributed by atoms with van der Waals surface area (Å²) in [4.78, 5) is 77.8. The summed E-state index contributed by atoms with van der Waals surface area (Å²) in [7, 11) is 2.54. The number of aromatic amines is 2. The van der Waals surface area contributed by atoms with E-state index in [1.165, 1.54) is 20.3 Å². The number of hydrogen-bond donors (Lipinski definition) is 4. The van der Waals surface area contributed by atoms with Gasteiger partial charge >= 0.3 is 12.2 Å². The molecule has 4 N–H and O–H groups in total. The summed E-state index contributed by atoms with van der Waals surface area (Å²) in [6.45, 7) is 12.1. The van der Waals surface area contributed by atoms with Gasteiger partial charge in [0.2, 0.25) is 18.0 Å². The Morgan fingerprint density at radius 2 is 1.38 bits per heavy atom. The van der Waals surface area contributed by atoms with Crippen LogP contribution in [0, 0.1) is 17.7 Å². The predicted octanol–water partition coefficient (Wildman–Crippen LogP) is 8.78. The van der Waals surface area contributed by atoms with E-state index in [4.69, 9.17) is 33.9 Å². The van der Waals surface area contributed by atoms with E-state index in [2.05, 4.69) is 27.5 Å². The molecule has 3 unspecified atom stereocenters. The topological polar surface area (TPSA) is 211 Å². The van der Waals surface area contributed by atoms with Crippen molar-refractivity contribution >= 4 is 46.2 Å². The third kappa shape index (κ3) is 8.96. The predicted molar refractivity (Wildman–Crippen MR) is 266 cm³/mol. The number of aromatic nitrogens is 6. The summed E-state index contributed by atoms with van der Waals surface area (Å²) in [5, 5.41) is 7.25. The quantitative estimate of drug-likeness (QED) is 0.0910. The fourth-order valence-corrected chi connectivity index (χ4v) is 11.8. The molecule has 20 heteroatoms. The van der Waals surface area contributed by atoms with Crippen LogP contribution in [0.1, 0.15) is 113 Å². The minimum atomic E-state index is -0.781. The van der Waals surface area contributed by atoms with Gasteiger partial charge in [0.1, 0.15) is 35.3 Å². The Labute approximate surface area is 420 Å². The van der Waals surface area contributed by atoms with Gasteiger partial charge in [-0.3, -0.25) is 14.2 Å². The van der Waals surface area contributed by atoms with Crippen LogP contribution in [0.3, 0.4) is 0 Å². The van der Waals surface area contributed by atoms with Gasteiger partial charge in [0, 0.05) is 54.4 Å².